The van der Waals surface area contributed by atoms with Crippen LogP contribution in [0.1, 0.15) is 6.42 Å². The van der Waals surface area contributed by atoms with Crippen LogP contribution in [-0.2, 0) is 6.54 Å². The summed E-state index contributed by atoms with van der Waals surface area (Å²) in [5.74, 6) is -0.377. The maximum atomic E-state index is 13.6. The second kappa shape index (κ2) is 5.55. The summed E-state index contributed by atoms with van der Waals surface area (Å²) in [4.78, 5) is 11.5. The van der Waals surface area contributed by atoms with E-state index in [1.807, 2.05) is 0 Å². The zero-order valence-electron chi connectivity index (χ0n) is 9.71. The van der Waals surface area contributed by atoms with Gasteiger partial charge >= 0.3 is 0 Å². The lowest BCUT2D eigenvalue weighted by atomic mass is 10.1. The molecule has 1 aromatic carbocycles. The molecule has 1 aromatic heterocycles. The van der Waals surface area contributed by atoms with Gasteiger partial charge in [0.05, 0.1) is 5.69 Å². The zero-order valence-corrected chi connectivity index (χ0v) is 9.71. The molecule has 0 aliphatic heterocycles. The van der Waals surface area contributed by atoms with Crippen LogP contribution in [0, 0.1) is 5.82 Å². The average molecular weight is 248 g/mol. The van der Waals surface area contributed by atoms with Crippen LogP contribution in [-0.4, -0.2) is 21.5 Å². The number of aryl methyl sites for hydroxylation is 1. The van der Waals surface area contributed by atoms with Gasteiger partial charge in [0.1, 0.15) is 5.82 Å². The topological polar surface area (TPSA) is 55.1 Å². The van der Waals surface area contributed by atoms with Crippen molar-refractivity contribution < 1.29 is 9.50 Å². The minimum absolute atomic E-state index is 0.0158. The number of hydrogen-bond acceptors (Lipinski definition) is 3. The van der Waals surface area contributed by atoms with Crippen molar-refractivity contribution in [2.24, 2.45) is 0 Å². The zero-order chi connectivity index (χ0) is 13.0. The van der Waals surface area contributed by atoms with Crippen molar-refractivity contribution in [1.29, 1.82) is 0 Å². The Morgan fingerprint density at radius 2 is 2.00 bits per heavy atom. The number of nitrogens with zero attached hydrogens (tertiary/aromatic N) is 2. The van der Waals surface area contributed by atoms with Crippen LogP contribution in [0.5, 0.6) is 0 Å². The fourth-order valence-electron chi connectivity index (χ4n) is 1.64. The Balaban J connectivity index is 2.41. The third kappa shape index (κ3) is 2.62. The standard InChI is InChI=1S/C13H13FN2O2/c14-11-5-2-1-4-10(11)12-6-7-13(18)16(15-12)8-3-9-17/h1-2,4-7,17H,3,8-9H2. The van der Waals surface area contributed by atoms with Crippen LogP contribution < -0.4 is 5.56 Å². The number of hydrogen-bond donors (Lipinski definition) is 1. The van der Waals surface area contributed by atoms with Gasteiger partial charge in [0.25, 0.3) is 5.56 Å². The molecule has 2 rings (SSSR count). The molecule has 0 spiro atoms. The van der Waals surface area contributed by atoms with E-state index in [1.54, 1.807) is 18.2 Å². The second-order valence-corrected chi connectivity index (χ2v) is 3.84. The molecule has 2 aromatic rings. The third-order valence-corrected chi connectivity index (χ3v) is 2.54. The van der Waals surface area contributed by atoms with Gasteiger partial charge in [-0.3, -0.25) is 4.79 Å². The lowest BCUT2D eigenvalue weighted by Gasteiger charge is -2.06. The van der Waals surface area contributed by atoms with Crippen LogP contribution in [0.3, 0.4) is 0 Å². The van der Waals surface area contributed by atoms with E-state index in [2.05, 4.69) is 5.10 Å². The number of aliphatic hydroxyl groups is 1. The van der Waals surface area contributed by atoms with E-state index in [1.165, 1.54) is 22.9 Å². The highest BCUT2D eigenvalue weighted by Crippen LogP contribution is 2.18. The minimum Gasteiger partial charge on any atom is -0.396 e. The van der Waals surface area contributed by atoms with Crippen LogP contribution in [0.25, 0.3) is 11.3 Å². The van der Waals surface area contributed by atoms with Crippen LogP contribution in [0.4, 0.5) is 4.39 Å². The molecule has 0 bridgehead atoms. The van der Waals surface area contributed by atoms with Crippen LogP contribution >= 0.6 is 0 Å². The number of benzene rings is 1. The Kier molecular flexibility index (Phi) is 3.84. The largest absolute Gasteiger partial charge is 0.396 e. The molecule has 0 saturated heterocycles. The molecule has 1 heterocycles. The molecule has 5 heteroatoms. The molecule has 0 radical (unpaired) electrons. The third-order valence-electron chi connectivity index (χ3n) is 2.54. The number of aromatic nitrogens is 2. The summed E-state index contributed by atoms with van der Waals surface area (Å²) >= 11 is 0. The number of rotatable bonds is 4. The smallest absolute Gasteiger partial charge is 0.266 e. The van der Waals surface area contributed by atoms with E-state index < -0.39 is 0 Å². The highest BCUT2D eigenvalue weighted by Gasteiger charge is 2.07. The van der Waals surface area contributed by atoms with Gasteiger partial charge in [-0.25, -0.2) is 9.07 Å². The summed E-state index contributed by atoms with van der Waals surface area (Å²) in [7, 11) is 0. The SMILES string of the molecule is O=c1ccc(-c2ccccc2F)nn1CCCO. The first-order valence-electron chi connectivity index (χ1n) is 5.66. The van der Waals surface area contributed by atoms with Gasteiger partial charge < -0.3 is 5.11 Å². The quantitative estimate of drug-likeness (QED) is 0.890. The summed E-state index contributed by atoms with van der Waals surface area (Å²) < 4.78 is 14.8. The predicted molar refractivity (Wildman–Crippen MR) is 65.6 cm³/mol. The van der Waals surface area contributed by atoms with Crippen LogP contribution in [0.2, 0.25) is 0 Å². The van der Waals surface area contributed by atoms with Crippen molar-refractivity contribution in [2.45, 2.75) is 13.0 Å². The maximum Gasteiger partial charge on any atom is 0.266 e. The molecule has 18 heavy (non-hydrogen) atoms. The first kappa shape index (κ1) is 12.4. The highest BCUT2D eigenvalue weighted by molar-refractivity contribution is 5.58. The number of halogens is 1. The maximum absolute atomic E-state index is 13.6. The van der Waals surface area contributed by atoms with Gasteiger partial charge in [-0.15, -0.1) is 0 Å². The van der Waals surface area contributed by atoms with Crippen molar-refractivity contribution in [3.05, 3.63) is 52.6 Å². The van der Waals surface area contributed by atoms with E-state index >= 15 is 0 Å². The van der Waals surface area contributed by atoms with Crippen molar-refractivity contribution in [1.82, 2.24) is 9.78 Å². The minimum atomic E-state index is -0.377. The average Bonchev–Trinajstić information content (AvgIpc) is 2.39. The Hall–Kier alpha value is -2.01. The van der Waals surface area contributed by atoms with Gasteiger partial charge in [0.2, 0.25) is 0 Å². The van der Waals surface area contributed by atoms with Crippen molar-refractivity contribution in [3.8, 4) is 11.3 Å². The molecule has 94 valence electrons. The van der Waals surface area contributed by atoms with E-state index in [-0.39, 0.29) is 18.0 Å². The Morgan fingerprint density at radius 3 is 2.72 bits per heavy atom. The molecule has 0 amide bonds. The summed E-state index contributed by atoms with van der Waals surface area (Å²) in [6, 6.07) is 9.12. The molecule has 1 N–H and O–H groups in total. The van der Waals surface area contributed by atoms with Gasteiger partial charge in [-0.05, 0) is 24.6 Å². The van der Waals surface area contributed by atoms with Gasteiger partial charge in [-0.2, -0.15) is 5.10 Å². The van der Waals surface area contributed by atoms with Crippen molar-refractivity contribution in [2.75, 3.05) is 6.61 Å². The molecule has 0 aliphatic carbocycles. The van der Waals surface area contributed by atoms with E-state index in [4.69, 9.17) is 5.11 Å². The summed E-state index contributed by atoms with van der Waals surface area (Å²) in [6.07, 6.45) is 0.438. The van der Waals surface area contributed by atoms with Crippen molar-refractivity contribution >= 4 is 0 Å². The summed E-state index contributed by atoms with van der Waals surface area (Å²) in [5, 5.41) is 12.8. The Morgan fingerprint density at radius 1 is 1.22 bits per heavy atom. The first-order chi connectivity index (χ1) is 8.72. The molecular formula is C13H13FN2O2. The lowest BCUT2D eigenvalue weighted by Crippen LogP contribution is -2.22. The fraction of sp³-hybridized carbons (Fsp3) is 0.231. The first-order valence-corrected chi connectivity index (χ1v) is 5.66. The molecule has 0 atom stereocenters. The van der Waals surface area contributed by atoms with Gasteiger partial charge in [0.15, 0.2) is 0 Å². The van der Waals surface area contributed by atoms with E-state index in [0.717, 1.165) is 0 Å². The normalized spacial score (nSPS) is 10.6. The molecular weight excluding hydrogens is 235 g/mol. The highest BCUT2D eigenvalue weighted by atomic mass is 19.1. The van der Waals surface area contributed by atoms with Crippen LogP contribution in [0.15, 0.2) is 41.2 Å². The monoisotopic (exact) mass is 248 g/mol. The molecule has 4 nitrogen and oxygen atoms in total. The Labute approximate surface area is 103 Å². The van der Waals surface area contributed by atoms with E-state index in [9.17, 15) is 9.18 Å². The summed E-state index contributed by atoms with van der Waals surface area (Å²) in [6.45, 7) is 0.301. The molecule has 0 unspecified atom stereocenters. The van der Waals surface area contributed by atoms with Gasteiger partial charge in [0, 0.05) is 24.8 Å². The van der Waals surface area contributed by atoms with Gasteiger partial charge in [-0.1, -0.05) is 12.1 Å². The molecule has 0 fully saturated rings. The molecule has 0 saturated carbocycles. The molecule has 0 aliphatic rings. The lowest BCUT2D eigenvalue weighted by molar-refractivity contribution is 0.275. The predicted octanol–water partition coefficient (Wildman–Crippen LogP) is 1.43. The summed E-state index contributed by atoms with van der Waals surface area (Å²) in [5.41, 5.74) is 0.504. The fourth-order valence-corrected chi connectivity index (χ4v) is 1.64. The van der Waals surface area contributed by atoms with Crippen molar-refractivity contribution in [3.63, 3.8) is 0 Å². The Bertz CT molecular complexity index is 596. The number of aliphatic hydroxyl groups excluding tert-OH is 1. The second-order valence-electron chi connectivity index (χ2n) is 3.84. The van der Waals surface area contributed by atoms with E-state index in [0.29, 0.717) is 24.2 Å².